The number of ether oxygens (including phenoxy) is 3. The van der Waals surface area contributed by atoms with Crippen LogP contribution in [0, 0.1) is 5.92 Å². The van der Waals surface area contributed by atoms with Crippen LogP contribution >= 0.6 is 0 Å². The molecule has 0 radical (unpaired) electrons. The second-order valence-corrected chi connectivity index (χ2v) is 8.48. The van der Waals surface area contributed by atoms with E-state index in [9.17, 15) is 4.79 Å². The Labute approximate surface area is 177 Å². The molecule has 0 unspecified atom stereocenters. The van der Waals surface area contributed by atoms with Crippen LogP contribution in [0.15, 0.2) is 22.7 Å². The number of β-lactam (4-membered cyclic amide) rings is 1. The Kier molecular flexibility index (Phi) is 6.41. The summed E-state index contributed by atoms with van der Waals surface area (Å²) in [6.07, 6.45) is 8.70. The lowest BCUT2D eigenvalue weighted by molar-refractivity contribution is -0.234. The predicted molar refractivity (Wildman–Crippen MR) is 112 cm³/mol. The van der Waals surface area contributed by atoms with Crippen molar-refractivity contribution in [2.24, 2.45) is 5.92 Å². The molecular formula is C23H32N2O5. The van der Waals surface area contributed by atoms with E-state index < -0.39 is 5.60 Å². The van der Waals surface area contributed by atoms with E-state index in [1.165, 1.54) is 19.3 Å². The van der Waals surface area contributed by atoms with Gasteiger partial charge in [0.2, 0.25) is 0 Å². The Balaban J connectivity index is 1.62. The number of methoxy groups -OCH3 is 2. The predicted octanol–water partition coefficient (Wildman–Crippen LogP) is 3.69. The molecule has 1 saturated heterocycles. The lowest BCUT2D eigenvalue weighted by Crippen LogP contribution is -2.76. The van der Waals surface area contributed by atoms with Crippen LogP contribution in [0.1, 0.15) is 50.5 Å². The number of nitrogens with zero attached hydrogens (tertiary/aromatic N) is 2. The number of likely N-dealkylation sites (tertiary alicyclic amines) is 1. The highest BCUT2D eigenvalue weighted by atomic mass is 16.7. The maximum Gasteiger partial charge on any atom is 0.259 e. The molecule has 0 N–H and O–H groups in total. The fourth-order valence-electron chi connectivity index (χ4n) is 4.57. The van der Waals surface area contributed by atoms with Crippen molar-refractivity contribution in [3.05, 3.63) is 29.8 Å². The van der Waals surface area contributed by atoms with Crippen LogP contribution in [0.4, 0.5) is 0 Å². The minimum Gasteiger partial charge on any atom is -0.461 e. The van der Waals surface area contributed by atoms with Gasteiger partial charge in [-0.15, -0.1) is 0 Å². The first-order valence-corrected chi connectivity index (χ1v) is 10.9. The van der Waals surface area contributed by atoms with Gasteiger partial charge in [-0.05, 0) is 30.9 Å². The molecule has 2 aromatic rings. The van der Waals surface area contributed by atoms with E-state index in [4.69, 9.17) is 18.6 Å². The van der Waals surface area contributed by atoms with Gasteiger partial charge in [0.1, 0.15) is 24.9 Å². The van der Waals surface area contributed by atoms with Crippen molar-refractivity contribution < 1.29 is 23.4 Å². The molecule has 1 aliphatic heterocycles. The van der Waals surface area contributed by atoms with Gasteiger partial charge in [0.05, 0.1) is 11.7 Å². The van der Waals surface area contributed by atoms with E-state index in [2.05, 4.69) is 18.0 Å². The molecule has 2 aromatic heterocycles. The van der Waals surface area contributed by atoms with Gasteiger partial charge in [-0.1, -0.05) is 26.2 Å². The molecule has 2 fully saturated rings. The maximum absolute atomic E-state index is 13.2. The van der Waals surface area contributed by atoms with Crippen LogP contribution in [-0.2, 0) is 31.8 Å². The van der Waals surface area contributed by atoms with Gasteiger partial charge in [-0.3, -0.25) is 9.78 Å². The van der Waals surface area contributed by atoms with E-state index in [-0.39, 0.29) is 25.5 Å². The second kappa shape index (κ2) is 9.04. The lowest BCUT2D eigenvalue weighted by Gasteiger charge is -2.55. The number of amides is 1. The quantitative estimate of drug-likeness (QED) is 0.388. The zero-order valence-electron chi connectivity index (χ0n) is 18.2. The smallest absolute Gasteiger partial charge is 0.259 e. The topological polar surface area (TPSA) is 74.0 Å². The highest BCUT2D eigenvalue weighted by Crippen LogP contribution is 2.41. The summed E-state index contributed by atoms with van der Waals surface area (Å²) in [7, 11) is 3.17. The highest BCUT2D eigenvalue weighted by Gasteiger charge is 2.61. The van der Waals surface area contributed by atoms with Crippen molar-refractivity contribution in [1.29, 1.82) is 0 Å². The average Bonchev–Trinajstić information content (AvgIpc) is 3.49. The first kappa shape index (κ1) is 21.3. The molecule has 4 rings (SSSR count). The van der Waals surface area contributed by atoms with Crippen LogP contribution in [-0.4, -0.2) is 55.2 Å². The molecular weight excluding hydrogens is 384 g/mol. The van der Waals surface area contributed by atoms with Crippen LogP contribution in [0.25, 0.3) is 11.0 Å². The summed E-state index contributed by atoms with van der Waals surface area (Å²) in [6, 6.07) is 3.91. The third-order valence-corrected chi connectivity index (χ3v) is 6.31. The number of rotatable bonds is 12. The molecule has 3 heterocycles. The summed E-state index contributed by atoms with van der Waals surface area (Å²) < 4.78 is 22.6. The Bertz CT molecular complexity index is 878. The zero-order chi connectivity index (χ0) is 21.1. The number of hydrogen-bond acceptors (Lipinski definition) is 6. The van der Waals surface area contributed by atoms with Crippen molar-refractivity contribution in [1.82, 2.24) is 9.88 Å². The molecule has 0 aromatic carbocycles. The van der Waals surface area contributed by atoms with Crippen molar-refractivity contribution in [3.63, 3.8) is 0 Å². The van der Waals surface area contributed by atoms with E-state index in [0.717, 1.165) is 47.6 Å². The summed E-state index contributed by atoms with van der Waals surface area (Å²) in [5, 5.41) is 0.969. The molecule has 1 saturated carbocycles. The van der Waals surface area contributed by atoms with Gasteiger partial charge in [0.15, 0.2) is 5.60 Å². The van der Waals surface area contributed by atoms with Crippen LogP contribution in [0.5, 0.6) is 0 Å². The molecule has 0 bridgehead atoms. The molecule has 30 heavy (non-hydrogen) atoms. The van der Waals surface area contributed by atoms with E-state index in [1.807, 2.05) is 6.07 Å². The summed E-state index contributed by atoms with van der Waals surface area (Å²) >= 11 is 0. The van der Waals surface area contributed by atoms with Crippen LogP contribution < -0.4 is 0 Å². The van der Waals surface area contributed by atoms with Crippen LogP contribution in [0.3, 0.4) is 0 Å². The third kappa shape index (κ3) is 3.98. The van der Waals surface area contributed by atoms with E-state index >= 15 is 0 Å². The Morgan fingerprint density at radius 1 is 1.27 bits per heavy atom. The number of hydrogen-bond donors (Lipinski definition) is 0. The molecule has 2 atom stereocenters. The fourth-order valence-corrected chi connectivity index (χ4v) is 4.57. The number of carbonyl (C=O) groups excluding carboxylic acids is 1. The average molecular weight is 417 g/mol. The standard InChI is InChI=1S/C23H32N2O5/c1-4-5-21-23(29-15-28-3,22(26)25(21)14-27-2)13-19-18-12-17(9-8-16-6-7-16)30-20(18)10-11-24-19/h10-12,16,21H,4-9,13-15H2,1-3H3/t21-,23+/m0/s1. The summed E-state index contributed by atoms with van der Waals surface area (Å²) in [5.74, 6) is 1.77. The molecule has 0 spiro atoms. The Morgan fingerprint density at radius 3 is 2.80 bits per heavy atom. The number of carbonyl (C=O) groups is 1. The zero-order valence-corrected chi connectivity index (χ0v) is 18.2. The largest absolute Gasteiger partial charge is 0.461 e. The van der Waals surface area contributed by atoms with E-state index in [1.54, 1.807) is 25.3 Å². The molecule has 164 valence electrons. The number of fused-ring (bicyclic) bond motifs is 1. The van der Waals surface area contributed by atoms with Gasteiger partial charge in [0.25, 0.3) is 5.91 Å². The first-order chi connectivity index (χ1) is 14.6. The van der Waals surface area contributed by atoms with Gasteiger partial charge in [-0.25, -0.2) is 0 Å². The van der Waals surface area contributed by atoms with Crippen LogP contribution in [0.2, 0.25) is 0 Å². The minimum atomic E-state index is -0.989. The van der Waals surface area contributed by atoms with E-state index in [0.29, 0.717) is 6.42 Å². The third-order valence-electron chi connectivity index (χ3n) is 6.31. The van der Waals surface area contributed by atoms with Gasteiger partial charge in [-0.2, -0.15) is 0 Å². The highest BCUT2D eigenvalue weighted by molar-refractivity contribution is 5.94. The lowest BCUT2D eigenvalue weighted by atomic mass is 9.76. The summed E-state index contributed by atoms with van der Waals surface area (Å²) in [6.45, 7) is 2.42. The Morgan fingerprint density at radius 2 is 2.10 bits per heavy atom. The van der Waals surface area contributed by atoms with Gasteiger partial charge >= 0.3 is 0 Å². The normalized spacial score (nSPS) is 23.9. The Hall–Kier alpha value is -1.96. The van der Waals surface area contributed by atoms with Crippen molar-refractivity contribution in [2.75, 3.05) is 27.7 Å². The SMILES string of the molecule is CCC[C@@H]1N(COC)C(=O)[C@]1(Cc1nccc2oc(CCC3CC3)cc12)OCOC. The molecule has 7 nitrogen and oxygen atoms in total. The first-order valence-electron chi connectivity index (χ1n) is 10.9. The number of aryl methyl sites for hydroxylation is 1. The molecule has 2 aliphatic rings. The number of pyridine rings is 1. The number of furan rings is 1. The van der Waals surface area contributed by atoms with Crippen molar-refractivity contribution in [3.8, 4) is 0 Å². The molecule has 1 aliphatic carbocycles. The monoisotopic (exact) mass is 416 g/mol. The second-order valence-electron chi connectivity index (χ2n) is 8.48. The van der Waals surface area contributed by atoms with Crippen molar-refractivity contribution >= 4 is 16.9 Å². The molecule has 1 amide bonds. The van der Waals surface area contributed by atoms with Crippen molar-refractivity contribution in [2.45, 2.75) is 63.5 Å². The minimum absolute atomic E-state index is 0.0563. The summed E-state index contributed by atoms with van der Waals surface area (Å²) in [5.41, 5.74) is 0.661. The maximum atomic E-state index is 13.2. The van der Waals surface area contributed by atoms with Gasteiger partial charge < -0.3 is 23.5 Å². The fraction of sp³-hybridized carbons (Fsp3) is 0.652. The molecule has 7 heteroatoms. The summed E-state index contributed by atoms with van der Waals surface area (Å²) in [4.78, 5) is 19.6. The van der Waals surface area contributed by atoms with Gasteiger partial charge in [0, 0.05) is 38.6 Å². The number of aromatic nitrogens is 1.